The molecule has 0 aromatic rings. The Labute approximate surface area is 77.4 Å². The SMILES string of the molecule is C#CCC(CC)NCC(=C)Br. The van der Waals surface area contributed by atoms with Gasteiger partial charge < -0.3 is 5.32 Å². The molecule has 2 heteroatoms. The van der Waals surface area contributed by atoms with Gasteiger partial charge in [0.1, 0.15) is 0 Å². The van der Waals surface area contributed by atoms with Crippen molar-refractivity contribution in [2.24, 2.45) is 0 Å². The Balaban J connectivity index is 3.53. The van der Waals surface area contributed by atoms with Crippen LogP contribution in [0.15, 0.2) is 11.1 Å². The van der Waals surface area contributed by atoms with Crippen LogP contribution in [0.4, 0.5) is 0 Å². The van der Waals surface area contributed by atoms with E-state index >= 15 is 0 Å². The number of terminal acetylenes is 1. The van der Waals surface area contributed by atoms with Crippen molar-refractivity contribution in [3.05, 3.63) is 11.1 Å². The van der Waals surface area contributed by atoms with Crippen LogP contribution < -0.4 is 5.32 Å². The van der Waals surface area contributed by atoms with Gasteiger partial charge in [0.05, 0.1) is 0 Å². The average Bonchev–Trinajstić information content (AvgIpc) is 1.97. The van der Waals surface area contributed by atoms with Crippen LogP contribution in [-0.2, 0) is 0 Å². The summed E-state index contributed by atoms with van der Waals surface area (Å²) in [6.07, 6.45) is 7.04. The van der Waals surface area contributed by atoms with E-state index in [1.165, 1.54) is 0 Å². The van der Waals surface area contributed by atoms with Gasteiger partial charge in [-0.2, -0.15) is 0 Å². The molecule has 0 spiro atoms. The first kappa shape index (κ1) is 10.7. The fourth-order valence-electron chi connectivity index (χ4n) is 0.758. The summed E-state index contributed by atoms with van der Waals surface area (Å²) in [7, 11) is 0. The number of hydrogen-bond donors (Lipinski definition) is 1. The maximum absolute atomic E-state index is 5.19. The minimum absolute atomic E-state index is 0.425. The fourth-order valence-corrected chi connectivity index (χ4v) is 0.920. The Morgan fingerprint density at radius 3 is 2.82 bits per heavy atom. The van der Waals surface area contributed by atoms with Crippen molar-refractivity contribution in [2.45, 2.75) is 25.8 Å². The number of nitrogens with one attached hydrogen (secondary N) is 1. The fraction of sp³-hybridized carbons (Fsp3) is 0.556. The Kier molecular flexibility index (Phi) is 6.30. The molecular weight excluding hydrogens is 202 g/mol. The molecule has 0 saturated carbocycles. The molecule has 1 atom stereocenters. The molecule has 11 heavy (non-hydrogen) atoms. The van der Waals surface area contributed by atoms with Gasteiger partial charge in [-0.05, 0) is 6.42 Å². The normalized spacial score (nSPS) is 12.1. The quantitative estimate of drug-likeness (QED) is 0.695. The predicted octanol–water partition coefficient (Wildman–Crippen LogP) is 2.29. The number of hydrogen-bond acceptors (Lipinski definition) is 1. The summed E-state index contributed by atoms with van der Waals surface area (Å²) < 4.78 is 0.966. The average molecular weight is 216 g/mol. The van der Waals surface area contributed by atoms with Gasteiger partial charge in [0.2, 0.25) is 0 Å². The highest BCUT2D eigenvalue weighted by atomic mass is 79.9. The van der Waals surface area contributed by atoms with Crippen molar-refractivity contribution in [3.63, 3.8) is 0 Å². The van der Waals surface area contributed by atoms with E-state index in [9.17, 15) is 0 Å². The van der Waals surface area contributed by atoms with Crippen LogP contribution in [0, 0.1) is 12.3 Å². The van der Waals surface area contributed by atoms with Crippen LogP contribution in [0.3, 0.4) is 0 Å². The lowest BCUT2D eigenvalue weighted by Gasteiger charge is -2.12. The van der Waals surface area contributed by atoms with Crippen LogP contribution >= 0.6 is 15.9 Å². The zero-order valence-electron chi connectivity index (χ0n) is 6.86. The summed E-state index contributed by atoms with van der Waals surface area (Å²) in [6.45, 7) is 6.63. The van der Waals surface area contributed by atoms with Gasteiger partial charge in [-0.15, -0.1) is 12.3 Å². The topological polar surface area (TPSA) is 12.0 Å². The van der Waals surface area contributed by atoms with Gasteiger partial charge in [-0.25, -0.2) is 0 Å². The van der Waals surface area contributed by atoms with E-state index < -0.39 is 0 Å². The van der Waals surface area contributed by atoms with E-state index in [0.717, 1.165) is 23.9 Å². The number of halogens is 1. The summed E-state index contributed by atoms with van der Waals surface area (Å²) >= 11 is 3.27. The molecule has 0 amide bonds. The first-order chi connectivity index (χ1) is 5.20. The molecule has 0 rings (SSSR count). The van der Waals surface area contributed by atoms with Crippen molar-refractivity contribution < 1.29 is 0 Å². The smallest absolute Gasteiger partial charge is 0.0268 e. The van der Waals surface area contributed by atoms with Crippen molar-refractivity contribution in [1.82, 2.24) is 5.32 Å². The van der Waals surface area contributed by atoms with E-state index in [2.05, 4.69) is 40.7 Å². The zero-order chi connectivity index (χ0) is 8.69. The highest BCUT2D eigenvalue weighted by Gasteiger charge is 2.01. The van der Waals surface area contributed by atoms with Crippen LogP contribution in [0.5, 0.6) is 0 Å². The molecule has 0 saturated heterocycles. The molecule has 0 fully saturated rings. The van der Waals surface area contributed by atoms with E-state index in [-0.39, 0.29) is 0 Å². The minimum atomic E-state index is 0.425. The summed E-state index contributed by atoms with van der Waals surface area (Å²) in [5.41, 5.74) is 0. The summed E-state index contributed by atoms with van der Waals surface area (Å²) in [6, 6.07) is 0.425. The molecule has 0 aliphatic rings. The van der Waals surface area contributed by atoms with Crippen LogP contribution in [0.2, 0.25) is 0 Å². The van der Waals surface area contributed by atoms with Crippen molar-refractivity contribution in [1.29, 1.82) is 0 Å². The molecule has 1 nitrogen and oxygen atoms in total. The Bertz CT molecular complexity index is 157. The third-order valence-corrected chi connectivity index (χ3v) is 1.72. The zero-order valence-corrected chi connectivity index (χ0v) is 8.45. The van der Waals surface area contributed by atoms with Gasteiger partial charge in [-0.3, -0.25) is 0 Å². The van der Waals surface area contributed by atoms with E-state index in [1.807, 2.05) is 0 Å². The Morgan fingerprint density at radius 1 is 1.82 bits per heavy atom. The molecule has 1 unspecified atom stereocenters. The largest absolute Gasteiger partial charge is 0.308 e. The first-order valence-corrected chi connectivity index (χ1v) is 4.50. The van der Waals surface area contributed by atoms with Gasteiger partial charge >= 0.3 is 0 Å². The maximum Gasteiger partial charge on any atom is 0.0268 e. The summed E-state index contributed by atoms with van der Waals surface area (Å²) in [4.78, 5) is 0. The second-order valence-electron chi connectivity index (χ2n) is 2.41. The summed E-state index contributed by atoms with van der Waals surface area (Å²) in [5, 5.41) is 3.28. The van der Waals surface area contributed by atoms with Crippen molar-refractivity contribution in [2.75, 3.05) is 6.54 Å². The third-order valence-electron chi connectivity index (χ3n) is 1.44. The predicted molar refractivity (Wildman–Crippen MR) is 53.6 cm³/mol. The monoisotopic (exact) mass is 215 g/mol. The second kappa shape index (κ2) is 6.45. The first-order valence-electron chi connectivity index (χ1n) is 3.70. The van der Waals surface area contributed by atoms with Gasteiger partial charge in [0, 0.05) is 23.5 Å². The standard InChI is InChI=1S/C9H14BrN/c1-4-6-9(5-2)11-7-8(3)10/h1,9,11H,3,5-7H2,2H3. The molecule has 0 aliphatic heterocycles. The second-order valence-corrected chi connectivity index (χ2v) is 3.53. The van der Waals surface area contributed by atoms with Gasteiger partial charge in [0.15, 0.2) is 0 Å². The lowest BCUT2D eigenvalue weighted by atomic mass is 10.1. The molecule has 0 aromatic carbocycles. The Hall–Kier alpha value is -0.260. The van der Waals surface area contributed by atoms with Crippen LogP contribution in [0.1, 0.15) is 19.8 Å². The lowest BCUT2D eigenvalue weighted by Crippen LogP contribution is -2.28. The highest BCUT2D eigenvalue weighted by molar-refractivity contribution is 9.11. The molecule has 0 heterocycles. The molecule has 0 bridgehead atoms. The number of rotatable bonds is 5. The van der Waals surface area contributed by atoms with Crippen molar-refractivity contribution >= 4 is 15.9 Å². The molecule has 0 radical (unpaired) electrons. The van der Waals surface area contributed by atoms with E-state index in [1.54, 1.807) is 0 Å². The Morgan fingerprint density at radius 2 is 2.45 bits per heavy atom. The maximum atomic E-state index is 5.19. The van der Waals surface area contributed by atoms with Crippen LogP contribution in [0.25, 0.3) is 0 Å². The van der Waals surface area contributed by atoms with E-state index in [0.29, 0.717) is 6.04 Å². The van der Waals surface area contributed by atoms with Crippen LogP contribution in [-0.4, -0.2) is 12.6 Å². The lowest BCUT2D eigenvalue weighted by molar-refractivity contribution is 0.535. The molecule has 0 aromatic heterocycles. The highest BCUT2D eigenvalue weighted by Crippen LogP contribution is 2.01. The van der Waals surface area contributed by atoms with Crippen molar-refractivity contribution in [3.8, 4) is 12.3 Å². The van der Waals surface area contributed by atoms with Gasteiger partial charge in [0.25, 0.3) is 0 Å². The minimum Gasteiger partial charge on any atom is -0.308 e. The molecular formula is C9H14BrN. The molecule has 1 N–H and O–H groups in total. The van der Waals surface area contributed by atoms with E-state index in [4.69, 9.17) is 6.42 Å². The molecule has 62 valence electrons. The third kappa shape index (κ3) is 6.15. The molecule has 0 aliphatic carbocycles. The summed E-state index contributed by atoms with van der Waals surface area (Å²) in [5.74, 6) is 2.63. The van der Waals surface area contributed by atoms with Gasteiger partial charge in [-0.1, -0.05) is 29.4 Å².